The maximum atomic E-state index is 14.2. The second kappa shape index (κ2) is 39.8. The number of hydrogen-bond donors (Lipinski definition) is 16. The zero-order valence-electron chi connectivity index (χ0n) is 51.2. The highest BCUT2D eigenvalue weighted by atomic mass is 16.7. The Labute approximate surface area is 516 Å². The molecule has 0 bridgehead atoms. The van der Waals surface area contributed by atoms with Crippen molar-refractivity contribution < 1.29 is 122 Å². The van der Waals surface area contributed by atoms with Gasteiger partial charge in [-0.25, -0.2) is 0 Å². The maximum Gasteiger partial charge on any atom is 0.251 e. The molecule has 0 radical (unpaired) electrons. The van der Waals surface area contributed by atoms with E-state index in [1.54, 1.807) is 24.3 Å². The third kappa shape index (κ3) is 26.0. The largest absolute Gasteiger partial charge is 0.491 e. The molecule has 3 aliphatic rings. The minimum Gasteiger partial charge on any atom is -0.491 e. The molecule has 15 unspecified atom stereocenters. The summed E-state index contributed by atoms with van der Waals surface area (Å²) in [5.41, 5.74) is -1.16. The van der Waals surface area contributed by atoms with Crippen molar-refractivity contribution in [3.63, 3.8) is 0 Å². The summed E-state index contributed by atoms with van der Waals surface area (Å²) in [5.74, 6) is -3.64. The molecule has 32 heteroatoms. The summed E-state index contributed by atoms with van der Waals surface area (Å²) < 4.78 is 51.0. The van der Waals surface area contributed by atoms with Crippen LogP contribution in [0.15, 0.2) is 24.3 Å². The molecule has 0 aromatic heterocycles. The smallest absolute Gasteiger partial charge is 0.251 e. The summed E-state index contributed by atoms with van der Waals surface area (Å²) in [7, 11) is 0. The Bertz CT molecular complexity index is 2120. The fourth-order valence-corrected chi connectivity index (χ4v) is 10.2. The first-order valence-electron chi connectivity index (χ1n) is 29.9. The molecule has 15 atom stereocenters. The van der Waals surface area contributed by atoms with E-state index in [4.69, 9.17) is 42.6 Å². The van der Waals surface area contributed by atoms with E-state index in [9.17, 15) is 79.5 Å². The molecule has 508 valence electrons. The molecule has 2 aliphatic heterocycles. The van der Waals surface area contributed by atoms with Crippen molar-refractivity contribution in [2.75, 3.05) is 98.9 Å². The van der Waals surface area contributed by atoms with E-state index in [0.717, 1.165) is 0 Å². The van der Waals surface area contributed by atoms with Crippen molar-refractivity contribution in [2.24, 2.45) is 5.92 Å². The normalized spacial score (nSPS) is 27.6. The lowest BCUT2D eigenvalue weighted by atomic mass is 9.79. The van der Waals surface area contributed by atoms with Crippen molar-refractivity contribution >= 4 is 41.4 Å². The second-order valence-electron chi connectivity index (χ2n) is 22.2. The summed E-state index contributed by atoms with van der Waals surface area (Å²) in [6.07, 6.45) is -15.0. The molecule has 4 rings (SSSR count). The van der Waals surface area contributed by atoms with Crippen molar-refractivity contribution in [3.8, 4) is 5.75 Å². The summed E-state index contributed by atoms with van der Waals surface area (Å²) in [6, 6.07) is 3.09. The van der Waals surface area contributed by atoms with E-state index in [0.29, 0.717) is 5.75 Å². The SMILES string of the molecule is CC(=O)NC1C(OCCOCCNC(=O)CCC(CCC(=O)NCCOCCOC2OC(CO)C(O)C(O)C2NC(C)=O)(CCC(=O)NCCOCCOC2OC(CO)C(O)C(O)C2NC(C)=O)NC(=O)c2ccc(OC(C)C)cc2)CC(CO)C(O)C1O. The molecule has 16 N–H and O–H groups in total. The summed E-state index contributed by atoms with van der Waals surface area (Å²) in [4.78, 5) is 90.3. The number of carbonyl (C=O) groups excluding carboxylic acids is 7. The summed E-state index contributed by atoms with van der Waals surface area (Å²) >= 11 is 0. The number of carbonyl (C=O) groups is 7. The Morgan fingerprint density at radius 2 is 0.910 bits per heavy atom. The van der Waals surface area contributed by atoms with Crippen LogP contribution in [0.5, 0.6) is 5.75 Å². The first-order chi connectivity index (χ1) is 42.4. The third-order valence-electron chi connectivity index (χ3n) is 14.9. The molecule has 1 aromatic rings. The molecular formula is C57H95N7O25. The van der Waals surface area contributed by atoms with Gasteiger partial charge in [-0.05, 0) is 63.8 Å². The molecule has 0 spiro atoms. The van der Waals surface area contributed by atoms with Crippen LogP contribution in [0.25, 0.3) is 0 Å². The molecular weight excluding hydrogens is 1180 g/mol. The van der Waals surface area contributed by atoms with Crippen molar-refractivity contribution in [1.82, 2.24) is 37.2 Å². The van der Waals surface area contributed by atoms with Crippen LogP contribution in [-0.4, -0.2) is 284 Å². The Morgan fingerprint density at radius 3 is 1.29 bits per heavy atom. The minimum absolute atomic E-state index is 0.00343. The van der Waals surface area contributed by atoms with Crippen LogP contribution in [0.4, 0.5) is 0 Å². The van der Waals surface area contributed by atoms with Gasteiger partial charge in [0.1, 0.15) is 60.6 Å². The first kappa shape index (κ1) is 76.1. The lowest BCUT2D eigenvalue weighted by Crippen LogP contribution is -2.64. The number of amides is 7. The highest BCUT2D eigenvalue weighted by molar-refractivity contribution is 5.95. The topological polar surface area (TPSA) is 469 Å². The second-order valence-corrected chi connectivity index (χ2v) is 22.2. The van der Waals surface area contributed by atoms with Crippen LogP contribution in [0, 0.1) is 5.92 Å². The molecule has 2 heterocycles. The molecule has 1 aliphatic carbocycles. The zero-order chi connectivity index (χ0) is 65.6. The first-order valence-corrected chi connectivity index (χ1v) is 29.9. The number of aliphatic hydroxyl groups is 9. The van der Waals surface area contributed by atoms with E-state index in [2.05, 4.69) is 37.2 Å². The van der Waals surface area contributed by atoms with Crippen LogP contribution in [0.2, 0.25) is 0 Å². The Morgan fingerprint density at radius 1 is 0.517 bits per heavy atom. The number of ether oxygens (including phenoxy) is 9. The van der Waals surface area contributed by atoms with Gasteiger partial charge in [0.25, 0.3) is 5.91 Å². The van der Waals surface area contributed by atoms with Gasteiger partial charge < -0.3 is 126 Å². The summed E-state index contributed by atoms with van der Waals surface area (Å²) in [6.45, 7) is 5.53. The van der Waals surface area contributed by atoms with E-state index < -0.39 is 158 Å². The lowest BCUT2D eigenvalue weighted by molar-refractivity contribution is -0.272. The summed E-state index contributed by atoms with van der Waals surface area (Å²) in [5, 5.41) is 111. The fraction of sp³-hybridized carbons (Fsp3) is 0.772. The van der Waals surface area contributed by atoms with Crippen molar-refractivity contribution in [1.29, 1.82) is 0 Å². The predicted molar refractivity (Wildman–Crippen MR) is 309 cm³/mol. The predicted octanol–water partition coefficient (Wildman–Crippen LogP) is -5.77. The van der Waals surface area contributed by atoms with Gasteiger partial charge in [-0.3, -0.25) is 33.6 Å². The van der Waals surface area contributed by atoms with Crippen molar-refractivity contribution in [2.45, 2.75) is 177 Å². The Balaban J connectivity index is 1.39. The van der Waals surface area contributed by atoms with Gasteiger partial charge in [0.2, 0.25) is 35.4 Å². The van der Waals surface area contributed by atoms with Gasteiger partial charge in [0.15, 0.2) is 12.6 Å². The van der Waals surface area contributed by atoms with Gasteiger partial charge in [-0.15, -0.1) is 0 Å². The van der Waals surface area contributed by atoms with Crippen LogP contribution >= 0.6 is 0 Å². The van der Waals surface area contributed by atoms with Crippen LogP contribution in [0.3, 0.4) is 0 Å². The van der Waals surface area contributed by atoms with E-state index >= 15 is 0 Å². The van der Waals surface area contributed by atoms with Gasteiger partial charge in [-0.2, -0.15) is 0 Å². The average Bonchev–Trinajstić information content (AvgIpc) is 1.50. The molecule has 32 nitrogen and oxygen atoms in total. The number of rotatable bonds is 40. The monoisotopic (exact) mass is 1280 g/mol. The maximum absolute atomic E-state index is 14.2. The molecule has 1 saturated carbocycles. The van der Waals surface area contributed by atoms with Gasteiger partial charge in [0.05, 0.1) is 97.0 Å². The minimum atomic E-state index is -1.51. The zero-order valence-corrected chi connectivity index (χ0v) is 51.2. The molecule has 3 fully saturated rings. The Hall–Kier alpha value is -5.37. The Kier molecular flexibility index (Phi) is 34.0. The van der Waals surface area contributed by atoms with Gasteiger partial charge in [-0.1, -0.05) is 0 Å². The van der Waals surface area contributed by atoms with E-state index in [1.807, 2.05) is 13.8 Å². The number of benzene rings is 1. The highest BCUT2D eigenvalue weighted by Gasteiger charge is 2.47. The molecule has 89 heavy (non-hydrogen) atoms. The van der Waals surface area contributed by atoms with Crippen molar-refractivity contribution in [3.05, 3.63) is 29.8 Å². The van der Waals surface area contributed by atoms with E-state index in [-0.39, 0.29) is 136 Å². The van der Waals surface area contributed by atoms with Crippen LogP contribution in [-0.2, 0) is 66.7 Å². The van der Waals surface area contributed by atoms with Gasteiger partial charge >= 0.3 is 0 Å². The average molecular weight is 1280 g/mol. The number of hydrogen-bond acceptors (Lipinski definition) is 25. The number of nitrogens with one attached hydrogen (secondary N) is 7. The van der Waals surface area contributed by atoms with Crippen LogP contribution < -0.4 is 42.0 Å². The molecule has 7 amide bonds. The molecule has 2 saturated heterocycles. The quantitative estimate of drug-likeness (QED) is 0.0272. The van der Waals surface area contributed by atoms with Gasteiger partial charge in [0, 0.05) is 83.3 Å². The lowest BCUT2D eigenvalue weighted by Gasteiger charge is -2.42. The number of aliphatic hydroxyl groups excluding tert-OH is 9. The van der Waals surface area contributed by atoms with E-state index in [1.165, 1.54) is 20.8 Å². The fourth-order valence-electron chi connectivity index (χ4n) is 10.2. The highest BCUT2D eigenvalue weighted by Crippen LogP contribution is 2.30. The molecule has 1 aromatic carbocycles. The van der Waals surface area contributed by atoms with Crippen LogP contribution in [0.1, 0.15) is 89.9 Å². The third-order valence-corrected chi connectivity index (χ3v) is 14.9. The standard InChI is InChI=1S/C57H95N7O25/c1-32(2)87-38-8-6-36(7-9-38)54(80)64-57(13-10-42(71)58-16-19-81-22-25-84-39-28-37(29-65)48(74)51(77)45(39)61-33(3)68,14-11-43(72)59-17-20-82-23-26-85-55-46(62-34(4)69)52(78)49(75)40(30-66)88-55)15-12-44(73)60-18-21-83-24-27-86-56-47(63-35(5)70)53(79)50(76)41(31-67)89-56/h6-9,32,37,39-41,45-53,55-56,65-67,74-79H,10-31H2,1-5H3,(H,58,71)(H,59,72)(H,60,73)(H,61,68)(H,62,69)(H,63,70)(H,64,80).